The van der Waals surface area contributed by atoms with Crippen LogP contribution in [0.1, 0.15) is 5.56 Å². The predicted octanol–water partition coefficient (Wildman–Crippen LogP) is 2.90. The number of hydrogen-bond acceptors (Lipinski definition) is 5. The third kappa shape index (κ3) is 2.93. The number of anilines is 3. The van der Waals surface area contributed by atoms with Crippen molar-refractivity contribution in [3.05, 3.63) is 42.0 Å². The molecule has 20 heavy (non-hydrogen) atoms. The van der Waals surface area contributed by atoms with Gasteiger partial charge < -0.3 is 20.5 Å². The molecule has 0 spiro atoms. The maximum atomic E-state index is 8.88. The third-order valence-corrected chi connectivity index (χ3v) is 2.77. The van der Waals surface area contributed by atoms with Crippen LogP contribution in [0.25, 0.3) is 0 Å². The van der Waals surface area contributed by atoms with Crippen LogP contribution in [0.3, 0.4) is 0 Å². The summed E-state index contributed by atoms with van der Waals surface area (Å²) in [5.41, 5.74) is 8.48. The van der Waals surface area contributed by atoms with Crippen molar-refractivity contribution in [2.75, 3.05) is 25.3 Å². The molecule has 0 saturated carbocycles. The number of rotatable bonds is 4. The van der Waals surface area contributed by atoms with Gasteiger partial charge in [-0.15, -0.1) is 0 Å². The van der Waals surface area contributed by atoms with Gasteiger partial charge in [0.05, 0.1) is 31.5 Å². The molecule has 0 amide bonds. The summed E-state index contributed by atoms with van der Waals surface area (Å²) in [4.78, 5) is 0. The minimum absolute atomic E-state index is 0.539. The van der Waals surface area contributed by atoms with E-state index < -0.39 is 0 Å². The van der Waals surface area contributed by atoms with Crippen molar-refractivity contribution in [2.24, 2.45) is 0 Å². The molecule has 0 aliphatic carbocycles. The van der Waals surface area contributed by atoms with E-state index in [9.17, 15) is 0 Å². The van der Waals surface area contributed by atoms with Gasteiger partial charge >= 0.3 is 0 Å². The van der Waals surface area contributed by atoms with E-state index in [1.54, 1.807) is 44.6 Å². The highest BCUT2D eigenvalue weighted by Crippen LogP contribution is 2.31. The highest BCUT2D eigenvalue weighted by molar-refractivity contribution is 5.71. The molecule has 3 N–H and O–H groups in total. The minimum atomic E-state index is 0.539. The molecule has 0 atom stereocenters. The molecule has 0 saturated heterocycles. The molecule has 2 aromatic carbocycles. The Kier molecular flexibility index (Phi) is 3.96. The van der Waals surface area contributed by atoms with Crippen molar-refractivity contribution < 1.29 is 9.47 Å². The van der Waals surface area contributed by atoms with Gasteiger partial charge in [0.1, 0.15) is 11.5 Å². The first kappa shape index (κ1) is 13.6. The van der Waals surface area contributed by atoms with Gasteiger partial charge in [-0.1, -0.05) is 0 Å². The van der Waals surface area contributed by atoms with E-state index in [4.69, 9.17) is 20.5 Å². The third-order valence-electron chi connectivity index (χ3n) is 2.77. The maximum absolute atomic E-state index is 8.88. The van der Waals surface area contributed by atoms with Gasteiger partial charge in [0, 0.05) is 29.6 Å². The standard InChI is InChI=1S/C15H15N3O2/c1-19-13-7-11(17)6-12(8-13)18-14-4-3-10(9-16)5-15(14)20-2/h3-8,18H,17H2,1-2H3. The molecule has 0 bridgehead atoms. The highest BCUT2D eigenvalue weighted by atomic mass is 16.5. The number of nitrogen functional groups attached to an aromatic ring is 1. The molecule has 0 fully saturated rings. The zero-order chi connectivity index (χ0) is 14.5. The van der Waals surface area contributed by atoms with Crippen molar-refractivity contribution >= 4 is 17.1 Å². The van der Waals surface area contributed by atoms with E-state index in [0.717, 1.165) is 11.4 Å². The van der Waals surface area contributed by atoms with Crippen LogP contribution in [0.15, 0.2) is 36.4 Å². The van der Waals surface area contributed by atoms with Gasteiger partial charge in [0.2, 0.25) is 0 Å². The zero-order valence-corrected chi connectivity index (χ0v) is 11.3. The van der Waals surface area contributed by atoms with Crippen molar-refractivity contribution in [1.29, 1.82) is 5.26 Å². The van der Waals surface area contributed by atoms with E-state index in [2.05, 4.69) is 11.4 Å². The van der Waals surface area contributed by atoms with Crippen LogP contribution in [0.5, 0.6) is 11.5 Å². The van der Waals surface area contributed by atoms with Crippen molar-refractivity contribution in [3.63, 3.8) is 0 Å². The topological polar surface area (TPSA) is 80.3 Å². The quantitative estimate of drug-likeness (QED) is 0.834. The van der Waals surface area contributed by atoms with Crippen molar-refractivity contribution in [1.82, 2.24) is 0 Å². The molecule has 0 heterocycles. The fourth-order valence-corrected chi connectivity index (χ4v) is 1.83. The normalized spacial score (nSPS) is 9.65. The first-order chi connectivity index (χ1) is 9.66. The van der Waals surface area contributed by atoms with Crippen LogP contribution in [0.2, 0.25) is 0 Å². The summed E-state index contributed by atoms with van der Waals surface area (Å²) in [6.45, 7) is 0. The van der Waals surface area contributed by atoms with E-state index in [0.29, 0.717) is 22.7 Å². The molecule has 0 radical (unpaired) electrons. The lowest BCUT2D eigenvalue weighted by Crippen LogP contribution is -1.97. The number of hydrogen-bond donors (Lipinski definition) is 2. The molecule has 2 rings (SSSR count). The van der Waals surface area contributed by atoms with E-state index in [1.165, 1.54) is 0 Å². The summed E-state index contributed by atoms with van der Waals surface area (Å²) in [5, 5.41) is 12.1. The predicted molar refractivity (Wildman–Crippen MR) is 78.4 cm³/mol. The molecule has 5 nitrogen and oxygen atoms in total. The fourth-order valence-electron chi connectivity index (χ4n) is 1.83. The lowest BCUT2D eigenvalue weighted by atomic mass is 10.2. The fraction of sp³-hybridized carbons (Fsp3) is 0.133. The Hall–Kier alpha value is -2.87. The number of nitrogens with zero attached hydrogens (tertiary/aromatic N) is 1. The van der Waals surface area contributed by atoms with Gasteiger partial charge in [-0.3, -0.25) is 0 Å². The van der Waals surface area contributed by atoms with Gasteiger partial charge in [-0.25, -0.2) is 0 Å². The minimum Gasteiger partial charge on any atom is -0.497 e. The number of ether oxygens (including phenoxy) is 2. The van der Waals surface area contributed by atoms with E-state index in [-0.39, 0.29) is 0 Å². The molecular formula is C15H15N3O2. The number of nitrogens with two attached hydrogens (primary N) is 1. The molecule has 0 aliphatic heterocycles. The molecule has 0 aromatic heterocycles. The lowest BCUT2D eigenvalue weighted by molar-refractivity contribution is 0.415. The Bertz CT molecular complexity index is 663. The van der Waals surface area contributed by atoms with Crippen LogP contribution in [-0.4, -0.2) is 14.2 Å². The molecular weight excluding hydrogens is 254 g/mol. The maximum Gasteiger partial charge on any atom is 0.143 e. The second-order valence-corrected chi connectivity index (χ2v) is 4.15. The monoisotopic (exact) mass is 269 g/mol. The summed E-state index contributed by atoms with van der Waals surface area (Å²) >= 11 is 0. The summed E-state index contributed by atoms with van der Waals surface area (Å²) in [7, 11) is 3.14. The molecule has 102 valence electrons. The Labute approximate surface area is 117 Å². The summed E-state index contributed by atoms with van der Waals surface area (Å²) in [6.07, 6.45) is 0. The Morgan fingerprint density at radius 2 is 1.90 bits per heavy atom. The van der Waals surface area contributed by atoms with Crippen LogP contribution in [0, 0.1) is 11.3 Å². The SMILES string of the molecule is COc1cc(N)cc(Nc2ccc(C#N)cc2OC)c1. The second kappa shape index (κ2) is 5.85. The van der Waals surface area contributed by atoms with Crippen LogP contribution < -0.4 is 20.5 Å². The van der Waals surface area contributed by atoms with Gasteiger partial charge in [0.25, 0.3) is 0 Å². The number of nitrogens with one attached hydrogen (secondary N) is 1. The largest absolute Gasteiger partial charge is 0.497 e. The van der Waals surface area contributed by atoms with Crippen LogP contribution >= 0.6 is 0 Å². The first-order valence-electron chi connectivity index (χ1n) is 5.96. The summed E-state index contributed by atoms with van der Waals surface area (Å²) in [5.74, 6) is 1.26. The van der Waals surface area contributed by atoms with Gasteiger partial charge in [-0.2, -0.15) is 5.26 Å². The van der Waals surface area contributed by atoms with Gasteiger partial charge in [0.15, 0.2) is 0 Å². The van der Waals surface area contributed by atoms with Crippen LogP contribution in [0.4, 0.5) is 17.1 Å². The second-order valence-electron chi connectivity index (χ2n) is 4.15. The van der Waals surface area contributed by atoms with Gasteiger partial charge in [-0.05, 0) is 18.2 Å². The number of nitriles is 1. The average Bonchev–Trinajstić information content (AvgIpc) is 2.47. The highest BCUT2D eigenvalue weighted by Gasteiger charge is 2.06. The lowest BCUT2D eigenvalue weighted by Gasteiger charge is -2.13. The molecule has 0 aliphatic rings. The molecule has 5 heteroatoms. The Morgan fingerprint density at radius 1 is 1.10 bits per heavy atom. The number of benzene rings is 2. The Balaban J connectivity index is 2.34. The average molecular weight is 269 g/mol. The first-order valence-corrected chi connectivity index (χ1v) is 5.96. The smallest absolute Gasteiger partial charge is 0.143 e. The molecule has 2 aromatic rings. The van der Waals surface area contributed by atoms with Crippen molar-refractivity contribution in [3.8, 4) is 17.6 Å². The zero-order valence-electron chi connectivity index (χ0n) is 11.3. The van der Waals surface area contributed by atoms with E-state index >= 15 is 0 Å². The molecule has 0 unspecified atom stereocenters. The summed E-state index contributed by atoms with van der Waals surface area (Å²) < 4.78 is 10.4. The van der Waals surface area contributed by atoms with Crippen molar-refractivity contribution in [2.45, 2.75) is 0 Å². The van der Waals surface area contributed by atoms with Crippen LogP contribution in [-0.2, 0) is 0 Å². The number of methoxy groups -OCH3 is 2. The Morgan fingerprint density at radius 3 is 2.55 bits per heavy atom. The summed E-state index contributed by atoms with van der Waals surface area (Å²) in [6, 6.07) is 12.6. The van der Waals surface area contributed by atoms with E-state index in [1.807, 2.05) is 6.07 Å².